The van der Waals surface area contributed by atoms with Crippen LogP contribution in [0.25, 0.3) is 0 Å². The summed E-state index contributed by atoms with van der Waals surface area (Å²) in [5, 5.41) is 1.43. The summed E-state index contributed by atoms with van der Waals surface area (Å²) in [5.41, 5.74) is -0.158. The van der Waals surface area contributed by atoms with Gasteiger partial charge in [0.1, 0.15) is 0 Å². The molecule has 0 aromatic carbocycles. The smallest absolute Gasteiger partial charge is 0.155 e. The molecule has 3 rings (SSSR count). The van der Waals surface area contributed by atoms with Crippen molar-refractivity contribution in [3.8, 4) is 0 Å². The van der Waals surface area contributed by atoms with E-state index in [1.807, 2.05) is 0 Å². The summed E-state index contributed by atoms with van der Waals surface area (Å²) in [6.07, 6.45) is 6.71. The molecule has 2 aliphatic heterocycles. The minimum atomic E-state index is -0.233. The maximum absolute atomic E-state index is 13.1. The molecule has 3 heteroatoms. The van der Waals surface area contributed by atoms with Crippen LogP contribution in [0.15, 0.2) is 0 Å². The highest BCUT2D eigenvalue weighted by atomic mass is 32.2. The third-order valence-corrected chi connectivity index (χ3v) is 7.70. The standard InChI is InChI=1S/C19H33NOS/c1-18(2,3)16(21)14-11-13-12-9-7-8-10-15(12)22-17(13)20(14)19(4,5)6/h12-15,17H,7-11H2,1-6H3. The van der Waals surface area contributed by atoms with Crippen molar-refractivity contribution in [2.75, 3.05) is 0 Å². The van der Waals surface area contributed by atoms with Crippen molar-refractivity contribution >= 4 is 17.5 Å². The van der Waals surface area contributed by atoms with E-state index in [-0.39, 0.29) is 17.0 Å². The Bertz CT molecular complexity index is 447. The summed E-state index contributed by atoms with van der Waals surface area (Å²) in [4.78, 5) is 15.7. The van der Waals surface area contributed by atoms with Crippen molar-refractivity contribution in [1.82, 2.24) is 4.90 Å². The number of carbonyl (C=O) groups excluding carboxylic acids is 1. The second-order valence-corrected chi connectivity index (χ2v) is 11.0. The number of likely N-dealkylation sites (tertiary alicyclic amines) is 1. The number of hydrogen-bond acceptors (Lipinski definition) is 3. The van der Waals surface area contributed by atoms with Crippen molar-refractivity contribution < 1.29 is 4.79 Å². The summed E-state index contributed by atoms with van der Waals surface area (Å²) >= 11 is 2.21. The second kappa shape index (κ2) is 5.51. The van der Waals surface area contributed by atoms with Gasteiger partial charge in [-0.3, -0.25) is 9.69 Å². The van der Waals surface area contributed by atoms with Gasteiger partial charge in [0.15, 0.2) is 5.78 Å². The van der Waals surface area contributed by atoms with E-state index < -0.39 is 0 Å². The van der Waals surface area contributed by atoms with Crippen LogP contribution in [-0.2, 0) is 4.79 Å². The van der Waals surface area contributed by atoms with Crippen LogP contribution in [0.3, 0.4) is 0 Å². The molecule has 2 heterocycles. The quantitative estimate of drug-likeness (QED) is 0.696. The van der Waals surface area contributed by atoms with Crippen LogP contribution in [0.2, 0.25) is 0 Å². The molecule has 0 radical (unpaired) electrons. The minimum Gasteiger partial charge on any atom is -0.297 e. The number of thioether (sulfide) groups is 1. The zero-order valence-corrected chi connectivity index (χ0v) is 16.0. The van der Waals surface area contributed by atoms with Crippen LogP contribution in [0, 0.1) is 17.3 Å². The topological polar surface area (TPSA) is 20.3 Å². The number of hydrogen-bond donors (Lipinski definition) is 0. The summed E-state index contributed by atoms with van der Waals surface area (Å²) < 4.78 is 0. The molecule has 5 atom stereocenters. The molecule has 2 saturated heterocycles. The molecule has 3 fully saturated rings. The van der Waals surface area contributed by atoms with Crippen LogP contribution >= 0.6 is 11.8 Å². The normalized spacial score (nSPS) is 39.6. The largest absolute Gasteiger partial charge is 0.297 e. The van der Waals surface area contributed by atoms with E-state index in [1.165, 1.54) is 25.7 Å². The highest BCUT2D eigenvalue weighted by Crippen LogP contribution is 2.58. The number of carbonyl (C=O) groups is 1. The summed E-state index contributed by atoms with van der Waals surface area (Å²) in [6.45, 7) is 13.1. The van der Waals surface area contributed by atoms with Crippen molar-refractivity contribution in [2.24, 2.45) is 17.3 Å². The lowest BCUT2D eigenvalue weighted by Crippen LogP contribution is -2.53. The van der Waals surface area contributed by atoms with Crippen LogP contribution in [0.1, 0.15) is 73.6 Å². The Morgan fingerprint density at radius 2 is 1.64 bits per heavy atom. The Balaban J connectivity index is 1.89. The first-order valence-corrected chi connectivity index (χ1v) is 10.0. The van der Waals surface area contributed by atoms with E-state index in [1.54, 1.807) is 0 Å². The fourth-order valence-corrected chi connectivity index (χ4v) is 7.28. The Hall–Kier alpha value is -0.0200. The maximum Gasteiger partial charge on any atom is 0.155 e. The summed E-state index contributed by atoms with van der Waals surface area (Å²) in [7, 11) is 0. The molecule has 2 nitrogen and oxygen atoms in total. The van der Waals surface area contributed by atoms with Gasteiger partial charge in [0.25, 0.3) is 0 Å². The highest BCUT2D eigenvalue weighted by molar-refractivity contribution is 8.00. The zero-order valence-electron chi connectivity index (χ0n) is 15.2. The van der Waals surface area contributed by atoms with Gasteiger partial charge in [-0.25, -0.2) is 0 Å². The third-order valence-electron chi connectivity index (χ3n) is 5.91. The summed E-state index contributed by atoms with van der Waals surface area (Å²) in [5.74, 6) is 2.06. The predicted molar refractivity (Wildman–Crippen MR) is 95.1 cm³/mol. The Kier molecular flexibility index (Phi) is 4.22. The van der Waals surface area contributed by atoms with Gasteiger partial charge >= 0.3 is 0 Å². The Labute approximate surface area is 140 Å². The van der Waals surface area contributed by atoms with E-state index in [9.17, 15) is 4.79 Å². The molecule has 0 N–H and O–H groups in total. The second-order valence-electron chi connectivity index (χ2n) is 9.62. The highest BCUT2D eigenvalue weighted by Gasteiger charge is 2.57. The molecular weight excluding hydrogens is 290 g/mol. The lowest BCUT2D eigenvalue weighted by molar-refractivity contribution is -0.132. The van der Waals surface area contributed by atoms with E-state index >= 15 is 0 Å². The van der Waals surface area contributed by atoms with E-state index in [0.29, 0.717) is 11.2 Å². The van der Waals surface area contributed by atoms with Gasteiger partial charge < -0.3 is 0 Å². The monoisotopic (exact) mass is 323 g/mol. The number of fused-ring (bicyclic) bond motifs is 3. The van der Waals surface area contributed by atoms with E-state index in [4.69, 9.17) is 0 Å². The third kappa shape index (κ3) is 2.77. The molecule has 0 aromatic heterocycles. The molecule has 126 valence electrons. The van der Waals surface area contributed by atoms with Crippen LogP contribution < -0.4 is 0 Å². The molecule has 0 amide bonds. The van der Waals surface area contributed by atoms with Gasteiger partial charge in [0, 0.05) is 16.2 Å². The number of rotatable bonds is 1. The van der Waals surface area contributed by atoms with E-state index in [0.717, 1.165) is 23.5 Å². The first kappa shape index (κ1) is 16.8. The number of nitrogens with zero attached hydrogens (tertiary/aromatic N) is 1. The van der Waals surface area contributed by atoms with Gasteiger partial charge in [-0.15, -0.1) is 11.8 Å². The molecule has 5 unspecified atom stereocenters. The molecule has 1 aliphatic carbocycles. The first-order valence-electron chi connectivity index (χ1n) is 9.09. The predicted octanol–water partition coefficient (Wildman–Crippen LogP) is 4.72. The van der Waals surface area contributed by atoms with Crippen molar-refractivity contribution in [3.63, 3.8) is 0 Å². The molecule has 0 aromatic rings. The van der Waals surface area contributed by atoms with Gasteiger partial charge in [-0.2, -0.15) is 0 Å². The SMILES string of the molecule is CC(C)(C)C(=O)C1CC2C3CCCCC3SC2N1C(C)(C)C. The van der Waals surface area contributed by atoms with Gasteiger partial charge in [0.2, 0.25) is 0 Å². The van der Waals surface area contributed by atoms with Crippen molar-refractivity contribution in [2.45, 2.75) is 95.9 Å². The Morgan fingerprint density at radius 1 is 1.00 bits per heavy atom. The van der Waals surface area contributed by atoms with Crippen LogP contribution in [-0.4, -0.2) is 32.9 Å². The van der Waals surface area contributed by atoms with Gasteiger partial charge in [-0.05, 0) is 51.9 Å². The maximum atomic E-state index is 13.1. The van der Waals surface area contributed by atoms with Crippen LogP contribution in [0.4, 0.5) is 0 Å². The van der Waals surface area contributed by atoms with Crippen LogP contribution in [0.5, 0.6) is 0 Å². The van der Waals surface area contributed by atoms with Gasteiger partial charge in [-0.1, -0.05) is 33.6 Å². The molecule has 0 spiro atoms. The van der Waals surface area contributed by atoms with Crippen molar-refractivity contribution in [3.05, 3.63) is 0 Å². The first-order chi connectivity index (χ1) is 10.1. The lowest BCUT2D eigenvalue weighted by Gasteiger charge is -2.42. The fraction of sp³-hybridized carbons (Fsp3) is 0.947. The molecule has 1 saturated carbocycles. The minimum absolute atomic E-state index is 0.0749. The fourth-order valence-electron chi connectivity index (χ4n) is 4.97. The van der Waals surface area contributed by atoms with Gasteiger partial charge in [0.05, 0.1) is 11.4 Å². The average Bonchev–Trinajstić information content (AvgIpc) is 2.90. The molecule has 0 bridgehead atoms. The number of Topliss-reactive ketones (excluding diaryl/α,β-unsaturated/α-hetero) is 1. The molecular formula is C19H33NOS. The number of ketones is 1. The molecule has 3 aliphatic rings. The molecule has 22 heavy (non-hydrogen) atoms. The lowest BCUT2D eigenvalue weighted by atomic mass is 9.77. The Morgan fingerprint density at radius 3 is 2.23 bits per heavy atom. The van der Waals surface area contributed by atoms with E-state index in [2.05, 4.69) is 58.2 Å². The summed E-state index contributed by atoms with van der Waals surface area (Å²) in [6, 6.07) is 0.130. The average molecular weight is 324 g/mol. The zero-order chi connectivity index (χ0) is 16.3. The van der Waals surface area contributed by atoms with Crippen molar-refractivity contribution in [1.29, 1.82) is 0 Å².